The summed E-state index contributed by atoms with van der Waals surface area (Å²) in [5.74, 6) is 0. The quantitative estimate of drug-likeness (QED) is 0.675. The zero-order valence-electron chi connectivity index (χ0n) is 13.8. The number of benzene rings is 2. The number of hydrogen-bond acceptors (Lipinski definition) is 4. The fourth-order valence-electron chi connectivity index (χ4n) is 2.23. The maximum atomic E-state index is 12.1. The molecule has 25 heavy (non-hydrogen) atoms. The highest BCUT2D eigenvalue weighted by molar-refractivity contribution is 7.99. The minimum Gasteiger partial charge on any atom is -0.334 e. The van der Waals surface area contributed by atoms with Gasteiger partial charge in [0.2, 0.25) is 0 Å². The van der Waals surface area contributed by atoms with Crippen molar-refractivity contribution in [3.8, 4) is 0 Å². The van der Waals surface area contributed by atoms with Crippen molar-refractivity contribution in [2.24, 2.45) is 0 Å². The third-order valence-electron chi connectivity index (χ3n) is 3.49. The van der Waals surface area contributed by atoms with Gasteiger partial charge < -0.3 is 10.6 Å². The topological polar surface area (TPSA) is 66.9 Å². The maximum Gasteiger partial charge on any atom is 0.319 e. The number of carbonyl (C=O) groups excluding carboxylic acids is 1. The second-order valence-electron chi connectivity index (χ2n) is 5.40. The second-order valence-corrected chi connectivity index (χ2v) is 6.44. The van der Waals surface area contributed by atoms with Gasteiger partial charge in [0.15, 0.2) is 5.16 Å². The van der Waals surface area contributed by atoms with Crippen LogP contribution in [0.15, 0.2) is 77.0 Å². The van der Waals surface area contributed by atoms with Crippen LogP contribution in [0.4, 0.5) is 10.5 Å². The lowest BCUT2D eigenvalue weighted by Crippen LogP contribution is -2.28. The van der Waals surface area contributed by atoms with Gasteiger partial charge in [0.05, 0.1) is 0 Å². The number of anilines is 1. The Balaban J connectivity index is 1.58. The van der Waals surface area contributed by atoms with Crippen LogP contribution in [-0.4, -0.2) is 16.0 Å². The van der Waals surface area contributed by atoms with E-state index in [1.54, 1.807) is 18.5 Å². The van der Waals surface area contributed by atoms with Crippen molar-refractivity contribution in [1.29, 1.82) is 0 Å². The van der Waals surface area contributed by atoms with Gasteiger partial charge in [-0.1, -0.05) is 30.3 Å². The largest absolute Gasteiger partial charge is 0.334 e. The number of carbonyl (C=O) groups is 1. The molecule has 0 fully saturated rings. The number of nitrogens with one attached hydrogen (secondary N) is 2. The maximum absolute atomic E-state index is 12.1. The van der Waals surface area contributed by atoms with E-state index in [1.165, 1.54) is 11.8 Å². The molecule has 2 N–H and O–H groups in total. The first kappa shape index (κ1) is 17.0. The normalized spacial score (nSPS) is 10.3. The molecule has 0 saturated heterocycles. The lowest BCUT2D eigenvalue weighted by molar-refractivity contribution is 0.251. The summed E-state index contributed by atoms with van der Waals surface area (Å²) in [6, 6.07) is 17.2. The Hall–Kier alpha value is -2.86. The first-order valence-corrected chi connectivity index (χ1v) is 8.66. The first-order valence-electron chi connectivity index (χ1n) is 7.85. The minimum absolute atomic E-state index is 0.223. The second kappa shape index (κ2) is 8.30. The van der Waals surface area contributed by atoms with E-state index < -0.39 is 0 Å². The van der Waals surface area contributed by atoms with Crippen molar-refractivity contribution in [2.75, 3.05) is 5.32 Å². The molecule has 0 unspecified atom stereocenters. The van der Waals surface area contributed by atoms with Gasteiger partial charge in [-0.25, -0.2) is 14.8 Å². The Kier molecular flexibility index (Phi) is 5.64. The predicted octanol–water partition coefficient (Wildman–Crippen LogP) is 4.26. The standard InChI is InChI=1S/C19H18N4OS/c1-14-12-16(25-19-20-10-5-11-21-19)8-9-17(14)23-18(24)22-13-15-6-3-2-4-7-15/h2-12H,13H2,1H3,(H2,22,23,24). The van der Waals surface area contributed by atoms with E-state index in [0.717, 1.165) is 21.7 Å². The first-order chi connectivity index (χ1) is 12.2. The minimum atomic E-state index is -0.223. The van der Waals surface area contributed by atoms with Gasteiger partial charge in [0.25, 0.3) is 0 Å². The highest BCUT2D eigenvalue weighted by atomic mass is 32.2. The van der Waals surface area contributed by atoms with E-state index >= 15 is 0 Å². The highest BCUT2D eigenvalue weighted by Gasteiger charge is 2.07. The van der Waals surface area contributed by atoms with Gasteiger partial charge in [-0.05, 0) is 54.1 Å². The van der Waals surface area contributed by atoms with Crippen LogP contribution in [0, 0.1) is 6.92 Å². The molecular formula is C19H18N4OS. The van der Waals surface area contributed by atoms with E-state index in [-0.39, 0.29) is 6.03 Å². The van der Waals surface area contributed by atoms with Gasteiger partial charge in [0, 0.05) is 29.5 Å². The van der Waals surface area contributed by atoms with E-state index in [1.807, 2.05) is 55.5 Å². The van der Waals surface area contributed by atoms with Crippen molar-refractivity contribution >= 4 is 23.5 Å². The van der Waals surface area contributed by atoms with E-state index in [0.29, 0.717) is 11.7 Å². The molecule has 0 radical (unpaired) electrons. The zero-order chi connectivity index (χ0) is 17.5. The molecule has 6 heteroatoms. The molecule has 0 atom stereocenters. The summed E-state index contributed by atoms with van der Waals surface area (Å²) in [4.78, 5) is 21.5. The molecule has 2 amide bonds. The smallest absolute Gasteiger partial charge is 0.319 e. The summed E-state index contributed by atoms with van der Waals surface area (Å²) in [7, 11) is 0. The molecule has 3 rings (SSSR count). The Bertz CT molecular complexity index is 841. The Morgan fingerprint density at radius 1 is 1.04 bits per heavy atom. The number of nitrogens with zero attached hydrogens (tertiary/aromatic N) is 2. The van der Waals surface area contributed by atoms with E-state index in [4.69, 9.17) is 0 Å². The van der Waals surface area contributed by atoms with Crippen LogP contribution in [0.2, 0.25) is 0 Å². The molecule has 1 aromatic heterocycles. The van der Waals surface area contributed by atoms with Crippen LogP contribution in [0.5, 0.6) is 0 Å². The summed E-state index contributed by atoms with van der Waals surface area (Å²) in [6.07, 6.45) is 3.43. The Morgan fingerprint density at radius 3 is 2.52 bits per heavy atom. The highest BCUT2D eigenvalue weighted by Crippen LogP contribution is 2.27. The summed E-state index contributed by atoms with van der Waals surface area (Å²) in [5.41, 5.74) is 2.82. The third kappa shape index (κ3) is 5.06. The van der Waals surface area contributed by atoms with Crippen LogP contribution >= 0.6 is 11.8 Å². The van der Waals surface area contributed by atoms with Crippen molar-refractivity contribution in [3.63, 3.8) is 0 Å². The lowest BCUT2D eigenvalue weighted by Gasteiger charge is -2.11. The molecular weight excluding hydrogens is 332 g/mol. The monoisotopic (exact) mass is 350 g/mol. The van der Waals surface area contributed by atoms with Gasteiger partial charge in [-0.2, -0.15) is 0 Å². The molecule has 3 aromatic rings. The number of urea groups is 1. The molecule has 0 spiro atoms. The van der Waals surface area contributed by atoms with Crippen LogP contribution in [0.25, 0.3) is 0 Å². The van der Waals surface area contributed by atoms with Crippen LogP contribution in [0.1, 0.15) is 11.1 Å². The van der Waals surface area contributed by atoms with E-state index in [2.05, 4.69) is 20.6 Å². The SMILES string of the molecule is Cc1cc(Sc2ncccn2)ccc1NC(=O)NCc1ccccc1. The molecule has 0 aliphatic carbocycles. The molecule has 2 aromatic carbocycles. The average Bonchev–Trinajstić information content (AvgIpc) is 2.64. The van der Waals surface area contributed by atoms with Gasteiger partial charge in [-0.3, -0.25) is 0 Å². The van der Waals surface area contributed by atoms with Crippen molar-refractivity contribution in [2.45, 2.75) is 23.5 Å². The van der Waals surface area contributed by atoms with Crippen LogP contribution in [-0.2, 0) is 6.54 Å². The summed E-state index contributed by atoms with van der Waals surface area (Å²) in [6.45, 7) is 2.45. The number of rotatable bonds is 5. The van der Waals surface area contributed by atoms with Crippen LogP contribution < -0.4 is 10.6 Å². The lowest BCUT2D eigenvalue weighted by atomic mass is 10.2. The van der Waals surface area contributed by atoms with Gasteiger partial charge >= 0.3 is 6.03 Å². The molecule has 0 aliphatic rings. The molecule has 1 heterocycles. The summed E-state index contributed by atoms with van der Waals surface area (Å²) in [5, 5.41) is 6.43. The molecule has 5 nitrogen and oxygen atoms in total. The number of hydrogen-bond donors (Lipinski definition) is 2. The fraction of sp³-hybridized carbons (Fsp3) is 0.105. The molecule has 0 aliphatic heterocycles. The fourth-order valence-corrected chi connectivity index (χ4v) is 3.04. The number of amides is 2. The molecule has 0 bridgehead atoms. The van der Waals surface area contributed by atoms with Crippen molar-refractivity contribution < 1.29 is 4.79 Å². The van der Waals surface area contributed by atoms with E-state index in [9.17, 15) is 4.79 Å². The Labute approximate surface area is 150 Å². The zero-order valence-corrected chi connectivity index (χ0v) is 14.6. The van der Waals surface area contributed by atoms with Crippen molar-refractivity contribution in [1.82, 2.24) is 15.3 Å². The Morgan fingerprint density at radius 2 is 1.80 bits per heavy atom. The molecule has 0 saturated carbocycles. The number of aryl methyl sites for hydroxylation is 1. The average molecular weight is 350 g/mol. The summed E-state index contributed by atoms with van der Waals surface area (Å²) < 4.78 is 0. The van der Waals surface area contributed by atoms with Gasteiger partial charge in [0.1, 0.15) is 0 Å². The number of aromatic nitrogens is 2. The van der Waals surface area contributed by atoms with Crippen molar-refractivity contribution in [3.05, 3.63) is 78.1 Å². The van der Waals surface area contributed by atoms with Crippen LogP contribution in [0.3, 0.4) is 0 Å². The summed E-state index contributed by atoms with van der Waals surface area (Å²) >= 11 is 1.49. The third-order valence-corrected chi connectivity index (χ3v) is 4.38. The van der Waals surface area contributed by atoms with Gasteiger partial charge in [-0.15, -0.1) is 0 Å². The molecule has 126 valence electrons. The predicted molar refractivity (Wildman–Crippen MR) is 99.6 cm³/mol.